The van der Waals surface area contributed by atoms with Gasteiger partial charge in [0.15, 0.2) is 0 Å². The fourth-order valence-electron chi connectivity index (χ4n) is 0.953. The van der Waals surface area contributed by atoms with Crippen LogP contribution in [0.15, 0.2) is 15.2 Å². The van der Waals surface area contributed by atoms with Gasteiger partial charge in [-0.3, -0.25) is 4.99 Å². The number of aliphatic imine (C=N–C) groups is 1. The van der Waals surface area contributed by atoms with E-state index in [1.54, 1.807) is 6.34 Å². The zero-order valence-electron chi connectivity index (χ0n) is 5.97. The predicted molar refractivity (Wildman–Crippen MR) is 52.7 cm³/mol. The fraction of sp³-hybridized carbons (Fsp3) is 0.571. The molecule has 2 atom stereocenters. The maximum atomic E-state index is 4.26. The SMILES string of the molecule is C=C(I)CC1N=CNC1C. The van der Waals surface area contributed by atoms with Gasteiger partial charge in [0.1, 0.15) is 0 Å². The molecular formula is C7H11IN2. The monoisotopic (exact) mass is 250 g/mol. The van der Waals surface area contributed by atoms with Crippen LogP contribution in [0.5, 0.6) is 0 Å². The summed E-state index contributed by atoms with van der Waals surface area (Å²) in [6.07, 6.45) is 2.78. The first-order valence-corrected chi connectivity index (χ1v) is 4.39. The Morgan fingerprint density at radius 1 is 1.90 bits per heavy atom. The van der Waals surface area contributed by atoms with Gasteiger partial charge < -0.3 is 5.32 Å². The lowest BCUT2D eigenvalue weighted by Crippen LogP contribution is -2.27. The van der Waals surface area contributed by atoms with Crippen molar-refractivity contribution in [3.8, 4) is 0 Å². The normalized spacial score (nSPS) is 30.2. The molecule has 1 heterocycles. The maximum absolute atomic E-state index is 4.26. The van der Waals surface area contributed by atoms with Crippen LogP contribution in [0.2, 0.25) is 0 Å². The van der Waals surface area contributed by atoms with Crippen molar-refractivity contribution in [1.82, 2.24) is 5.32 Å². The van der Waals surface area contributed by atoms with Crippen molar-refractivity contribution >= 4 is 28.9 Å². The number of halogens is 1. The lowest BCUT2D eigenvalue weighted by atomic mass is 10.1. The van der Waals surface area contributed by atoms with Crippen LogP contribution in [0.3, 0.4) is 0 Å². The first-order valence-electron chi connectivity index (χ1n) is 3.31. The zero-order chi connectivity index (χ0) is 7.56. The molecule has 0 spiro atoms. The quantitative estimate of drug-likeness (QED) is 0.741. The highest BCUT2D eigenvalue weighted by Gasteiger charge is 2.18. The second-order valence-electron chi connectivity index (χ2n) is 2.52. The largest absolute Gasteiger partial charge is 0.372 e. The van der Waals surface area contributed by atoms with Gasteiger partial charge in [-0.25, -0.2) is 0 Å². The number of nitrogens with one attached hydrogen (secondary N) is 1. The smallest absolute Gasteiger partial charge is 0.0831 e. The molecule has 0 aromatic rings. The Labute approximate surface area is 74.9 Å². The Morgan fingerprint density at radius 3 is 3.00 bits per heavy atom. The molecule has 56 valence electrons. The van der Waals surface area contributed by atoms with E-state index in [2.05, 4.69) is 46.4 Å². The Morgan fingerprint density at radius 2 is 2.60 bits per heavy atom. The molecule has 1 N–H and O–H groups in total. The van der Waals surface area contributed by atoms with Crippen LogP contribution in [0.1, 0.15) is 13.3 Å². The highest BCUT2D eigenvalue weighted by Crippen LogP contribution is 2.17. The summed E-state index contributed by atoms with van der Waals surface area (Å²) in [5.41, 5.74) is 0. The van der Waals surface area contributed by atoms with E-state index in [0.717, 1.165) is 6.42 Å². The van der Waals surface area contributed by atoms with E-state index in [1.165, 1.54) is 3.58 Å². The molecule has 0 aromatic heterocycles. The van der Waals surface area contributed by atoms with E-state index in [-0.39, 0.29) is 0 Å². The third-order valence-corrected chi connectivity index (χ3v) is 2.05. The summed E-state index contributed by atoms with van der Waals surface area (Å²) in [7, 11) is 0. The molecular weight excluding hydrogens is 239 g/mol. The van der Waals surface area contributed by atoms with Crippen molar-refractivity contribution < 1.29 is 0 Å². The van der Waals surface area contributed by atoms with Gasteiger partial charge in [0.25, 0.3) is 0 Å². The first-order chi connectivity index (χ1) is 4.70. The molecule has 0 aromatic carbocycles. The molecule has 2 unspecified atom stereocenters. The second-order valence-corrected chi connectivity index (χ2v) is 4.05. The van der Waals surface area contributed by atoms with Crippen LogP contribution in [-0.2, 0) is 0 Å². The Hall–Kier alpha value is -0.0600. The Bertz CT molecular complexity index is 165. The van der Waals surface area contributed by atoms with Crippen LogP contribution >= 0.6 is 22.6 Å². The van der Waals surface area contributed by atoms with Gasteiger partial charge in [0.05, 0.1) is 12.4 Å². The third-order valence-electron chi connectivity index (χ3n) is 1.61. The molecule has 3 heteroatoms. The van der Waals surface area contributed by atoms with E-state index in [0.29, 0.717) is 12.1 Å². The van der Waals surface area contributed by atoms with Gasteiger partial charge in [0.2, 0.25) is 0 Å². The number of nitrogens with zero attached hydrogens (tertiary/aromatic N) is 1. The van der Waals surface area contributed by atoms with Crippen molar-refractivity contribution in [2.75, 3.05) is 0 Å². The van der Waals surface area contributed by atoms with E-state index in [4.69, 9.17) is 0 Å². The Balaban J connectivity index is 2.40. The summed E-state index contributed by atoms with van der Waals surface area (Å²) < 4.78 is 1.18. The van der Waals surface area contributed by atoms with Gasteiger partial charge in [-0.1, -0.05) is 6.58 Å². The van der Waals surface area contributed by atoms with E-state index < -0.39 is 0 Å². The van der Waals surface area contributed by atoms with Crippen molar-refractivity contribution in [3.63, 3.8) is 0 Å². The molecule has 0 bridgehead atoms. The zero-order valence-corrected chi connectivity index (χ0v) is 8.13. The van der Waals surface area contributed by atoms with Crippen molar-refractivity contribution in [1.29, 1.82) is 0 Å². The highest BCUT2D eigenvalue weighted by atomic mass is 127. The van der Waals surface area contributed by atoms with Crippen LogP contribution in [0, 0.1) is 0 Å². The van der Waals surface area contributed by atoms with E-state index >= 15 is 0 Å². The summed E-state index contributed by atoms with van der Waals surface area (Å²) in [4.78, 5) is 4.26. The summed E-state index contributed by atoms with van der Waals surface area (Å²) in [6.45, 7) is 5.97. The average molecular weight is 250 g/mol. The van der Waals surface area contributed by atoms with Crippen LogP contribution < -0.4 is 5.32 Å². The minimum atomic E-state index is 0.407. The number of hydrogen-bond acceptors (Lipinski definition) is 2. The third kappa shape index (κ3) is 1.97. The molecule has 0 radical (unpaired) electrons. The standard InChI is InChI=1S/C7H11IN2/c1-5(8)3-7-6(2)9-4-10-7/h4,6-7H,1,3H2,2H3,(H,9,10). The second kappa shape index (κ2) is 3.37. The predicted octanol–water partition coefficient (Wildman–Crippen LogP) is 1.71. The molecule has 0 aliphatic carbocycles. The minimum absolute atomic E-state index is 0.407. The molecule has 1 aliphatic rings. The summed E-state index contributed by atoms with van der Waals surface area (Å²) in [5.74, 6) is 0. The van der Waals surface area contributed by atoms with Crippen LogP contribution in [-0.4, -0.2) is 18.4 Å². The van der Waals surface area contributed by atoms with Crippen molar-refractivity contribution in [2.24, 2.45) is 4.99 Å². The lowest BCUT2D eigenvalue weighted by molar-refractivity contribution is 0.567. The molecule has 0 fully saturated rings. The Kier molecular flexibility index (Phi) is 2.71. The van der Waals surface area contributed by atoms with Crippen LogP contribution in [0.4, 0.5) is 0 Å². The average Bonchev–Trinajstić information content (AvgIpc) is 2.15. The molecule has 0 saturated heterocycles. The van der Waals surface area contributed by atoms with Gasteiger partial charge in [-0.15, -0.1) is 0 Å². The first kappa shape index (κ1) is 8.04. The van der Waals surface area contributed by atoms with E-state index in [1.807, 2.05) is 0 Å². The minimum Gasteiger partial charge on any atom is -0.372 e. The summed E-state index contributed by atoms with van der Waals surface area (Å²) in [6, 6.07) is 0.885. The molecule has 10 heavy (non-hydrogen) atoms. The van der Waals surface area contributed by atoms with Gasteiger partial charge in [0, 0.05) is 12.5 Å². The number of hydrogen-bond donors (Lipinski definition) is 1. The molecule has 0 amide bonds. The molecule has 2 nitrogen and oxygen atoms in total. The van der Waals surface area contributed by atoms with Gasteiger partial charge >= 0.3 is 0 Å². The van der Waals surface area contributed by atoms with Gasteiger partial charge in [-0.2, -0.15) is 0 Å². The summed E-state index contributed by atoms with van der Waals surface area (Å²) >= 11 is 2.25. The van der Waals surface area contributed by atoms with Gasteiger partial charge in [-0.05, 0) is 33.1 Å². The molecule has 0 saturated carbocycles. The van der Waals surface area contributed by atoms with Crippen molar-refractivity contribution in [2.45, 2.75) is 25.4 Å². The topological polar surface area (TPSA) is 24.4 Å². The lowest BCUT2D eigenvalue weighted by Gasteiger charge is -2.11. The number of rotatable bonds is 2. The summed E-state index contributed by atoms with van der Waals surface area (Å²) in [5, 5.41) is 3.14. The molecule has 1 aliphatic heterocycles. The van der Waals surface area contributed by atoms with Crippen molar-refractivity contribution in [3.05, 3.63) is 10.2 Å². The molecule has 1 rings (SSSR count). The fourth-order valence-corrected chi connectivity index (χ4v) is 1.40. The highest BCUT2D eigenvalue weighted by molar-refractivity contribution is 14.1. The maximum Gasteiger partial charge on any atom is 0.0831 e. The van der Waals surface area contributed by atoms with Crippen LogP contribution in [0.25, 0.3) is 0 Å². The van der Waals surface area contributed by atoms with E-state index in [9.17, 15) is 0 Å².